The molecule has 1 aromatic rings. The van der Waals surface area contributed by atoms with Crippen LogP contribution >= 0.6 is 0 Å². The van der Waals surface area contributed by atoms with Gasteiger partial charge < -0.3 is 4.74 Å². The summed E-state index contributed by atoms with van der Waals surface area (Å²) in [6.07, 6.45) is 0.617. The molecule has 1 aromatic carbocycles. The van der Waals surface area contributed by atoms with Crippen LogP contribution in [0.2, 0.25) is 0 Å². The highest BCUT2D eigenvalue weighted by Crippen LogP contribution is 2.16. The van der Waals surface area contributed by atoms with E-state index < -0.39 is 22.0 Å². The normalized spacial score (nSPS) is 14.2. The molecule has 22 heavy (non-hydrogen) atoms. The van der Waals surface area contributed by atoms with Gasteiger partial charge in [-0.2, -0.15) is 4.72 Å². The van der Waals surface area contributed by atoms with Gasteiger partial charge >= 0.3 is 5.97 Å². The number of esters is 1. The number of hydrogen-bond acceptors (Lipinski definition) is 5. The maximum Gasteiger partial charge on any atom is 0.324 e. The molecule has 0 aromatic heterocycles. The molecule has 0 heterocycles. The Morgan fingerprint density at radius 2 is 1.77 bits per heavy atom. The fourth-order valence-corrected chi connectivity index (χ4v) is 3.16. The minimum Gasteiger partial charge on any atom is -0.468 e. The van der Waals surface area contributed by atoms with Crippen LogP contribution in [0.5, 0.6) is 0 Å². The monoisotopic (exact) mass is 327 g/mol. The Morgan fingerprint density at radius 3 is 2.18 bits per heavy atom. The third kappa shape index (κ3) is 4.38. The summed E-state index contributed by atoms with van der Waals surface area (Å²) in [5.74, 6) is -0.985. The molecule has 0 fully saturated rings. The molecule has 0 saturated carbocycles. The van der Waals surface area contributed by atoms with Crippen molar-refractivity contribution in [3.8, 4) is 0 Å². The van der Waals surface area contributed by atoms with Crippen molar-refractivity contribution < 1.29 is 22.7 Å². The Hall–Kier alpha value is -1.73. The molecule has 0 aliphatic rings. The van der Waals surface area contributed by atoms with Gasteiger partial charge in [-0.05, 0) is 25.0 Å². The van der Waals surface area contributed by atoms with E-state index >= 15 is 0 Å². The Morgan fingerprint density at radius 1 is 1.23 bits per heavy atom. The van der Waals surface area contributed by atoms with E-state index in [1.165, 1.54) is 38.3 Å². The molecule has 0 spiro atoms. The zero-order valence-corrected chi connectivity index (χ0v) is 13.9. The highest BCUT2D eigenvalue weighted by molar-refractivity contribution is 7.89. The topological polar surface area (TPSA) is 89.5 Å². The first-order valence-corrected chi connectivity index (χ1v) is 8.42. The highest BCUT2D eigenvalue weighted by Gasteiger charge is 2.30. The molecule has 122 valence electrons. The summed E-state index contributed by atoms with van der Waals surface area (Å²) in [6, 6.07) is 4.60. The summed E-state index contributed by atoms with van der Waals surface area (Å²) in [5.41, 5.74) is 0.422. The van der Waals surface area contributed by atoms with Crippen LogP contribution in [-0.2, 0) is 19.6 Å². The van der Waals surface area contributed by atoms with Crippen LogP contribution in [0.1, 0.15) is 37.6 Å². The Balaban J connectivity index is 3.06. The molecule has 0 radical (unpaired) electrons. The quantitative estimate of drug-likeness (QED) is 0.609. The van der Waals surface area contributed by atoms with Crippen LogP contribution in [0, 0.1) is 5.92 Å². The van der Waals surface area contributed by atoms with Gasteiger partial charge in [-0.3, -0.25) is 9.59 Å². The summed E-state index contributed by atoms with van der Waals surface area (Å²) in [6.45, 7) is 5.03. The van der Waals surface area contributed by atoms with Crippen LogP contribution in [0.3, 0.4) is 0 Å². The number of ether oxygens (including phenoxy) is 1. The maximum absolute atomic E-state index is 12.4. The molecule has 1 N–H and O–H groups in total. The van der Waals surface area contributed by atoms with E-state index in [9.17, 15) is 18.0 Å². The summed E-state index contributed by atoms with van der Waals surface area (Å²) in [5, 5.41) is 0. The molecule has 7 heteroatoms. The Bertz CT molecular complexity index is 636. The smallest absolute Gasteiger partial charge is 0.324 e. The van der Waals surface area contributed by atoms with Gasteiger partial charge in [-0.15, -0.1) is 0 Å². The van der Waals surface area contributed by atoms with Gasteiger partial charge in [0.15, 0.2) is 5.78 Å². The highest BCUT2D eigenvalue weighted by atomic mass is 32.2. The average Bonchev–Trinajstić information content (AvgIpc) is 2.51. The second-order valence-corrected chi connectivity index (χ2v) is 6.80. The van der Waals surface area contributed by atoms with Gasteiger partial charge in [-0.1, -0.05) is 32.4 Å². The molecule has 2 atom stereocenters. The van der Waals surface area contributed by atoms with Gasteiger partial charge in [0.25, 0.3) is 0 Å². The summed E-state index contributed by atoms with van der Waals surface area (Å²) < 4.78 is 31.8. The standard InChI is InChI=1S/C15H21NO5S/c1-5-10(2)14(15(18)21-4)16-22(19,20)13-8-6-12(7-9-13)11(3)17/h6-10,14,16H,5H2,1-4H3/t10-,14-/m0/s1. The van der Waals surface area contributed by atoms with Gasteiger partial charge in [0.1, 0.15) is 6.04 Å². The SMILES string of the molecule is CC[C@H](C)[C@H](NS(=O)(=O)c1ccc(C(C)=O)cc1)C(=O)OC. The van der Waals surface area contributed by atoms with Gasteiger partial charge in [0.2, 0.25) is 10.0 Å². The van der Waals surface area contributed by atoms with Crippen LogP contribution < -0.4 is 4.72 Å². The van der Waals surface area contributed by atoms with Crippen molar-refractivity contribution in [2.24, 2.45) is 5.92 Å². The lowest BCUT2D eigenvalue weighted by atomic mass is 10.0. The zero-order chi connectivity index (χ0) is 16.9. The van der Waals surface area contributed by atoms with E-state index in [1.807, 2.05) is 6.92 Å². The van der Waals surface area contributed by atoms with Crippen molar-refractivity contribution in [2.45, 2.75) is 38.1 Å². The van der Waals surface area contributed by atoms with Crippen molar-refractivity contribution in [3.63, 3.8) is 0 Å². The molecule has 0 amide bonds. The Kier molecular flexibility index (Phi) is 6.25. The van der Waals surface area contributed by atoms with Crippen LogP contribution in [0.25, 0.3) is 0 Å². The number of nitrogens with one attached hydrogen (secondary N) is 1. The lowest BCUT2D eigenvalue weighted by Crippen LogP contribution is -2.45. The number of Topliss-reactive ketones (excluding diaryl/α,β-unsaturated/α-hetero) is 1. The van der Waals surface area contributed by atoms with E-state index in [0.29, 0.717) is 12.0 Å². The average molecular weight is 327 g/mol. The van der Waals surface area contributed by atoms with Crippen LogP contribution in [-0.4, -0.2) is 33.3 Å². The van der Waals surface area contributed by atoms with Crippen molar-refractivity contribution in [1.29, 1.82) is 0 Å². The number of methoxy groups -OCH3 is 1. The number of carbonyl (C=O) groups is 2. The first-order valence-electron chi connectivity index (χ1n) is 6.94. The fourth-order valence-electron chi connectivity index (χ4n) is 1.86. The molecule has 0 saturated heterocycles. The van der Waals surface area contributed by atoms with Gasteiger partial charge in [0.05, 0.1) is 12.0 Å². The number of hydrogen-bond donors (Lipinski definition) is 1. The first kappa shape index (κ1) is 18.3. The molecule has 0 bridgehead atoms. The minimum absolute atomic E-state index is 0.00490. The second-order valence-electron chi connectivity index (χ2n) is 5.09. The molecule has 1 rings (SSSR count). The predicted octanol–water partition coefficient (Wildman–Crippen LogP) is 1.76. The summed E-state index contributed by atoms with van der Waals surface area (Å²) in [4.78, 5) is 23.0. The van der Waals surface area contributed by atoms with E-state index in [0.717, 1.165) is 0 Å². The maximum atomic E-state index is 12.4. The van der Waals surface area contributed by atoms with Gasteiger partial charge in [-0.25, -0.2) is 8.42 Å². The number of carbonyl (C=O) groups excluding carboxylic acids is 2. The minimum atomic E-state index is -3.87. The van der Waals surface area contributed by atoms with Crippen LogP contribution in [0.15, 0.2) is 29.2 Å². The molecule has 0 aliphatic heterocycles. The molecular formula is C15H21NO5S. The fraction of sp³-hybridized carbons (Fsp3) is 0.467. The van der Waals surface area contributed by atoms with Crippen molar-refractivity contribution in [3.05, 3.63) is 29.8 Å². The third-order valence-corrected chi connectivity index (χ3v) is 4.98. The van der Waals surface area contributed by atoms with Crippen LogP contribution in [0.4, 0.5) is 0 Å². The van der Waals surface area contributed by atoms with E-state index in [4.69, 9.17) is 0 Å². The van der Waals surface area contributed by atoms with Gasteiger partial charge in [0, 0.05) is 5.56 Å². The predicted molar refractivity (Wildman–Crippen MR) is 82.0 cm³/mol. The molecular weight excluding hydrogens is 306 g/mol. The number of rotatable bonds is 7. The number of ketones is 1. The van der Waals surface area contributed by atoms with Crippen molar-refractivity contribution in [2.75, 3.05) is 7.11 Å². The third-order valence-electron chi connectivity index (χ3n) is 3.52. The number of benzene rings is 1. The summed E-state index contributed by atoms with van der Waals surface area (Å²) in [7, 11) is -2.66. The number of sulfonamides is 1. The van der Waals surface area contributed by atoms with Crippen molar-refractivity contribution >= 4 is 21.8 Å². The van der Waals surface area contributed by atoms with E-state index in [1.54, 1.807) is 6.92 Å². The largest absolute Gasteiger partial charge is 0.468 e. The lowest BCUT2D eigenvalue weighted by Gasteiger charge is -2.21. The lowest BCUT2D eigenvalue weighted by molar-refractivity contribution is -0.143. The Labute approximate surface area is 130 Å². The molecule has 0 aliphatic carbocycles. The molecule has 6 nitrogen and oxygen atoms in total. The van der Waals surface area contributed by atoms with E-state index in [2.05, 4.69) is 9.46 Å². The second kappa shape index (κ2) is 7.51. The zero-order valence-electron chi connectivity index (χ0n) is 13.1. The summed E-state index contributed by atoms with van der Waals surface area (Å²) >= 11 is 0. The first-order chi connectivity index (χ1) is 10.2. The molecule has 0 unspecified atom stereocenters. The van der Waals surface area contributed by atoms with Crippen molar-refractivity contribution in [1.82, 2.24) is 4.72 Å². The van der Waals surface area contributed by atoms with E-state index in [-0.39, 0.29) is 16.6 Å².